The second-order valence-corrected chi connectivity index (χ2v) is 6.74. The largest absolute Gasteiger partial charge is 0.323 e. The van der Waals surface area contributed by atoms with Crippen LogP contribution >= 0.6 is 11.3 Å². The van der Waals surface area contributed by atoms with Crippen LogP contribution < -0.4 is 16.0 Å². The van der Waals surface area contributed by atoms with Gasteiger partial charge in [-0.25, -0.2) is 9.78 Å². The zero-order chi connectivity index (χ0) is 18.0. The Labute approximate surface area is 149 Å². The summed E-state index contributed by atoms with van der Waals surface area (Å²) in [5, 5.41) is 8.89. The lowest BCUT2D eigenvalue weighted by molar-refractivity contribution is -0.114. The number of hydrogen-bond donors (Lipinski definition) is 3. The Balaban J connectivity index is 1.74. The number of carbonyl (C=O) groups is 2. The summed E-state index contributed by atoms with van der Waals surface area (Å²) in [6.45, 7) is 5.41. The summed E-state index contributed by atoms with van der Waals surface area (Å²) in [7, 11) is 0. The molecule has 0 spiro atoms. The van der Waals surface area contributed by atoms with Gasteiger partial charge in [0.15, 0.2) is 5.13 Å². The van der Waals surface area contributed by atoms with E-state index in [0.717, 1.165) is 27.0 Å². The fourth-order valence-electron chi connectivity index (χ4n) is 2.38. The highest BCUT2D eigenvalue weighted by atomic mass is 32.1. The molecule has 0 aliphatic heterocycles. The molecule has 3 N–H and O–H groups in total. The number of aryl methyl sites for hydroxylation is 1. The molecule has 0 saturated heterocycles. The molecule has 128 valence electrons. The first kappa shape index (κ1) is 16.9. The molecule has 0 aliphatic carbocycles. The summed E-state index contributed by atoms with van der Waals surface area (Å²) in [5.41, 5.74) is 4.37. The van der Waals surface area contributed by atoms with Gasteiger partial charge in [-0.15, -0.1) is 0 Å². The van der Waals surface area contributed by atoms with Crippen LogP contribution in [0.3, 0.4) is 0 Å². The molecule has 2 aromatic carbocycles. The average Bonchev–Trinajstić information content (AvgIpc) is 2.92. The maximum absolute atomic E-state index is 12.2. The molecule has 3 rings (SSSR count). The van der Waals surface area contributed by atoms with E-state index in [1.54, 1.807) is 6.07 Å². The van der Waals surface area contributed by atoms with Crippen molar-refractivity contribution in [1.82, 2.24) is 4.98 Å². The van der Waals surface area contributed by atoms with Gasteiger partial charge in [0.1, 0.15) is 0 Å². The zero-order valence-electron chi connectivity index (χ0n) is 14.1. The van der Waals surface area contributed by atoms with E-state index >= 15 is 0 Å². The summed E-state index contributed by atoms with van der Waals surface area (Å²) in [6.07, 6.45) is 0. The van der Waals surface area contributed by atoms with Crippen LogP contribution in [0.4, 0.5) is 21.3 Å². The van der Waals surface area contributed by atoms with Crippen molar-refractivity contribution >= 4 is 50.0 Å². The van der Waals surface area contributed by atoms with Crippen LogP contribution in [-0.2, 0) is 4.79 Å². The third-order valence-electron chi connectivity index (χ3n) is 3.78. The standard InChI is InChI=1S/C18H18N4O2S/c1-10-5-4-6-14(11(10)2)21-17(24)20-13-7-8-15-16(9-13)25-18(22-15)19-12(3)23/h4-9H,1-3H3,(H,19,22,23)(H2,20,21,24). The zero-order valence-corrected chi connectivity index (χ0v) is 15.0. The average molecular weight is 354 g/mol. The maximum atomic E-state index is 12.2. The summed E-state index contributed by atoms with van der Waals surface area (Å²) in [6, 6.07) is 10.9. The number of thiazole rings is 1. The van der Waals surface area contributed by atoms with Crippen molar-refractivity contribution in [3.8, 4) is 0 Å². The molecule has 3 amide bonds. The summed E-state index contributed by atoms with van der Waals surface area (Å²) in [4.78, 5) is 27.7. The molecule has 1 aromatic heterocycles. The Kier molecular flexibility index (Phi) is 4.67. The molecule has 25 heavy (non-hydrogen) atoms. The normalized spacial score (nSPS) is 10.5. The molecule has 0 radical (unpaired) electrons. The van der Waals surface area contributed by atoms with Crippen molar-refractivity contribution in [2.24, 2.45) is 0 Å². The first-order valence-electron chi connectivity index (χ1n) is 7.75. The Morgan fingerprint density at radius 2 is 1.84 bits per heavy atom. The monoisotopic (exact) mass is 354 g/mol. The van der Waals surface area contributed by atoms with Crippen molar-refractivity contribution in [3.63, 3.8) is 0 Å². The van der Waals surface area contributed by atoms with Gasteiger partial charge in [0.2, 0.25) is 5.91 Å². The van der Waals surface area contributed by atoms with Crippen LogP contribution in [0.5, 0.6) is 0 Å². The Bertz CT molecular complexity index is 965. The van der Waals surface area contributed by atoms with Gasteiger partial charge < -0.3 is 16.0 Å². The molecule has 7 heteroatoms. The Morgan fingerprint density at radius 3 is 2.60 bits per heavy atom. The second kappa shape index (κ2) is 6.90. The van der Waals surface area contributed by atoms with Crippen LogP contribution in [0.1, 0.15) is 18.1 Å². The lowest BCUT2D eigenvalue weighted by atomic mass is 10.1. The van der Waals surface area contributed by atoms with Crippen LogP contribution in [0.25, 0.3) is 10.2 Å². The lowest BCUT2D eigenvalue weighted by Crippen LogP contribution is -2.20. The van der Waals surface area contributed by atoms with Gasteiger partial charge in [0.05, 0.1) is 10.2 Å². The predicted octanol–water partition coefficient (Wildman–Crippen LogP) is 4.52. The Morgan fingerprint density at radius 1 is 1.04 bits per heavy atom. The van der Waals surface area contributed by atoms with Crippen LogP contribution in [0.2, 0.25) is 0 Å². The number of benzene rings is 2. The third kappa shape index (κ3) is 3.95. The number of amides is 3. The van der Waals surface area contributed by atoms with Gasteiger partial charge in [-0.05, 0) is 49.2 Å². The van der Waals surface area contributed by atoms with Crippen LogP contribution in [0, 0.1) is 13.8 Å². The van der Waals surface area contributed by atoms with E-state index in [0.29, 0.717) is 10.8 Å². The fraction of sp³-hybridized carbons (Fsp3) is 0.167. The highest BCUT2D eigenvalue weighted by Gasteiger charge is 2.09. The molecule has 6 nitrogen and oxygen atoms in total. The Hall–Kier alpha value is -2.93. The number of aromatic nitrogens is 1. The van der Waals surface area contributed by atoms with E-state index in [9.17, 15) is 9.59 Å². The first-order valence-corrected chi connectivity index (χ1v) is 8.56. The van der Waals surface area contributed by atoms with Crippen molar-refractivity contribution < 1.29 is 9.59 Å². The molecule has 3 aromatic rings. The number of hydrogen-bond acceptors (Lipinski definition) is 4. The lowest BCUT2D eigenvalue weighted by Gasteiger charge is -2.11. The SMILES string of the molecule is CC(=O)Nc1nc2ccc(NC(=O)Nc3cccc(C)c3C)cc2s1. The molecule has 0 atom stereocenters. The number of carbonyl (C=O) groups excluding carboxylic acids is 2. The van der Waals surface area contributed by atoms with Gasteiger partial charge in [-0.1, -0.05) is 23.5 Å². The number of nitrogens with zero attached hydrogens (tertiary/aromatic N) is 1. The maximum Gasteiger partial charge on any atom is 0.323 e. The predicted molar refractivity (Wildman–Crippen MR) is 102 cm³/mol. The molecule has 0 fully saturated rings. The van der Waals surface area contributed by atoms with Gasteiger partial charge in [0, 0.05) is 18.3 Å². The first-order chi connectivity index (χ1) is 11.9. The van der Waals surface area contributed by atoms with Gasteiger partial charge >= 0.3 is 6.03 Å². The van der Waals surface area contributed by atoms with Crippen molar-refractivity contribution in [2.75, 3.05) is 16.0 Å². The van der Waals surface area contributed by atoms with Gasteiger partial charge in [0.25, 0.3) is 0 Å². The fourth-order valence-corrected chi connectivity index (χ4v) is 3.33. The van der Waals surface area contributed by atoms with Gasteiger partial charge in [-0.2, -0.15) is 0 Å². The van der Waals surface area contributed by atoms with Crippen molar-refractivity contribution in [1.29, 1.82) is 0 Å². The highest BCUT2D eigenvalue weighted by Crippen LogP contribution is 2.28. The molecule has 1 heterocycles. The molecular formula is C18H18N4O2S. The summed E-state index contributed by atoms with van der Waals surface area (Å²) < 4.78 is 0.883. The number of anilines is 3. The van der Waals surface area contributed by atoms with E-state index in [-0.39, 0.29) is 11.9 Å². The minimum atomic E-state index is -0.306. The smallest absolute Gasteiger partial charge is 0.308 e. The number of urea groups is 1. The van der Waals surface area contributed by atoms with Gasteiger partial charge in [-0.3, -0.25) is 4.79 Å². The minimum absolute atomic E-state index is 0.162. The van der Waals surface area contributed by atoms with E-state index in [2.05, 4.69) is 20.9 Å². The van der Waals surface area contributed by atoms with E-state index < -0.39 is 0 Å². The topological polar surface area (TPSA) is 83.1 Å². The minimum Gasteiger partial charge on any atom is -0.308 e. The van der Waals surface area contributed by atoms with Crippen molar-refractivity contribution in [2.45, 2.75) is 20.8 Å². The summed E-state index contributed by atoms with van der Waals surface area (Å²) in [5.74, 6) is -0.162. The molecule has 0 bridgehead atoms. The number of nitrogens with one attached hydrogen (secondary N) is 3. The van der Waals surface area contributed by atoms with Crippen LogP contribution in [-0.4, -0.2) is 16.9 Å². The highest BCUT2D eigenvalue weighted by molar-refractivity contribution is 7.22. The van der Waals surface area contributed by atoms with E-state index in [1.807, 2.05) is 44.2 Å². The molecule has 0 saturated carbocycles. The molecule has 0 unspecified atom stereocenters. The van der Waals surface area contributed by atoms with Crippen molar-refractivity contribution in [3.05, 3.63) is 47.5 Å². The quantitative estimate of drug-likeness (QED) is 0.647. The second-order valence-electron chi connectivity index (χ2n) is 5.71. The van der Waals surface area contributed by atoms with Crippen LogP contribution in [0.15, 0.2) is 36.4 Å². The van der Waals surface area contributed by atoms with E-state index in [4.69, 9.17) is 0 Å². The third-order valence-corrected chi connectivity index (χ3v) is 4.72. The number of rotatable bonds is 3. The number of fused-ring (bicyclic) bond motifs is 1. The van der Waals surface area contributed by atoms with E-state index in [1.165, 1.54) is 18.3 Å². The molecular weight excluding hydrogens is 336 g/mol. The molecule has 0 aliphatic rings. The summed E-state index contributed by atoms with van der Waals surface area (Å²) >= 11 is 1.36.